The van der Waals surface area contributed by atoms with Gasteiger partial charge < -0.3 is 15.4 Å². The molecule has 0 radical (unpaired) electrons. The molecule has 1 aromatic rings. The number of hydrogen-bond acceptors (Lipinski definition) is 5. The highest BCUT2D eigenvalue weighted by molar-refractivity contribution is 14.0. The van der Waals surface area contributed by atoms with Crippen LogP contribution in [-0.2, 0) is 16.4 Å². The number of nitrogens with zero attached hydrogens (tertiary/aromatic N) is 2. The zero-order chi connectivity index (χ0) is 18.4. The van der Waals surface area contributed by atoms with Crippen LogP contribution in [0.4, 0.5) is 0 Å². The molecule has 7 nitrogen and oxygen atoms in total. The molecule has 0 spiro atoms. The van der Waals surface area contributed by atoms with E-state index in [1.54, 1.807) is 6.20 Å². The fourth-order valence-electron chi connectivity index (χ4n) is 3.40. The van der Waals surface area contributed by atoms with Crippen LogP contribution in [-0.4, -0.2) is 49.6 Å². The second-order valence-electron chi connectivity index (χ2n) is 6.93. The van der Waals surface area contributed by atoms with Crippen molar-refractivity contribution in [2.45, 2.75) is 57.7 Å². The first-order valence-corrected chi connectivity index (χ1v) is 11.2. The Balaban J connectivity index is 0.00000261. The molecule has 1 saturated heterocycles. The molecular weight excluding hydrogens is 479 g/mol. The molecule has 27 heavy (non-hydrogen) atoms. The molecule has 0 bridgehead atoms. The van der Waals surface area contributed by atoms with Crippen molar-refractivity contribution >= 4 is 39.8 Å². The van der Waals surface area contributed by atoms with E-state index < -0.39 is 9.84 Å². The molecule has 0 aromatic carbocycles. The van der Waals surface area contributed by atoms with E-state index in [4.69, 9.17) is 4.74 Å². The summed E-state index contributed by atoms with van der Waals surface area (Å²) in [6.45, 7) is 3.13. The van der Waals surface area contributed by atoms with Gasteiger partial charge in [0.25, 0.3) is 0 Å². The standard InChI is InChI=1S/C18H28N4O3S.HI/c1-2-19-18(22-15-9-11-26(23,24)13-15)21-12-14-6-5-10-20-17(14)25-16-7-3-4-8-16;/h5-6,10,15-16H,2-4,7-9,11-13H2,1H3,(H2,19,21,22);1H. The minimum atomic E-state index is -2.92. The van der Waals surface area contributed by atoms with E-state index >= 15 is 0 Å². The normalized spacial score (nSPS) is 22.3. The Kier molecular flexibility index (Phi) is 8.59. The summed E-state index contributed by atoms with van der Waals surface area (Å²) in [5.41, 5.74) is 0.940. The number of aromatic nitrogens is 1. The van der Waals surface area contributed by atoms with E-state index in [0.717, 1.165) is 18.4 Å². The van der Waals surface area contributed by atoms with Crippen molar-refractivity contribution in [3.63, 3.8) is 0 Å². The highest BCUT2D eigenvalue weighted by atomic mass is 127. The number of hydrogen-bond donors (Lipinski definition) is 2. The molecule has 1 unspecified atom stereocenters. The van der Waals surface area contributed by atoms with Gasteiger partial charge in [-0.05, 0) is 45.1 Å². The quantitative estimate of drug-likeness (QED) is 0.348. The van der Waals surface area contributed by atoms with Crippen LogP contribution in [0.1, 0.15) is 44.6 Å². The minimum Gasteiger partial charge on any atom is -0.474 e. The molecule has 152 valence electrons. The number of halogens is 1. The van der Waals surface area contributed by atoms with Gasteiger partial charge in [-0.25, -0.2) is 18.4 Å². The molecule has 9 heteroatoms. The lowest BCUT2D eigenvalue weighted by Gasteiger charge is -2.17. The van der Waals surface area contributed by atoms with Gasteiger partial charge in [0, 0.05) is 24.3 Å². The van der Waals surface area contributed by atoms with Crippen molar-refractivity contribution in [2.24, 2.45) is 4.99 Å². The molecule has 1 saturated carbocycles. The van der Waals surface area contributed by atoms with Crippen molar-refractivity contribution in [3.8, 4) is 5.88 Å². The van der Waals surface area contributed by atoms with Gasteiger partial charge in [-0.2, -0.15) is 0 Å². The Morgan fingerprint density at radius 1 is 1.33 bits per heavy atom. The lowest BCUT2D eigenvalue weighted by atomic mass is 10.2. The molecule has 3 rings (SSSR count). The third-order valence-corrected chi connectivity index (χ3v) is 6.52. The van der Waals surface area contributed by atoms with E-state index in [0.29, 0.717) is 31.3 Å². The third kappa shape index (κ3) is 6.78. The Morgan fingerprint density at radius 3 is 2.78 bits per heavy atom. The second-order valence-corrected chi connectivity index (χ2v) is 9.16. The summed E-state index contributed by atoms with van der Waals surface area (Å²) in [5.74, 6) is 1.69. The van der Waals surface area contributed by atoms with Crippen molar-refractivity contribution in [3.05, 3.63) is 23.9 Å². The van der Waals surface area contributed by atoms with Gasteiger partial charge in [-0.15, -0.1) is 24.0 Å². The first kappa shape index (κ1) is 22.2. The Labute approximate surface area is 178 Å². The molecule has 2 fully saturated rings. The zero-order valence-electron chi connectivity index (χ0n) is 15.7. The van der Waals surface area contributed by atoms with Crippen LogP contribution in [0.2, 0.25) is 0 Å². The maximum Gasteiger partial charge on any atom is 0.218 e. The van der Waals surface area contributed by atoms with Crippen molar-refractivity contribution in [1.82, 2.24) is 15.6 Å². The summed E-state index contributed by atoms with van der Waals surface area (Å²) in [6.07, 6.45) is 7.20. The average molecular weight is 508 g/mol. The summed E-state index contributed by atoms with van der Waals surface area (Å²) in [6, 6.07) is 3.78. The molecule has 0 amide bonds. The Bertz CT molecular complexity index is 736. The number of guanidine groups is 1. The summed E-state index contributed by atoms with van der Waals surface area (Å²) in [7, 11) is -2.92. The molecule has 1 aliphatic heterocycles. The number of ether oxygens (including phenoxy) is 1. The third-order valence-electron chi connectivity index (χ3n) is 4.76. The van der Waals surface area contributed by atoms with Crippen LogP contribution in [0, 0.1) is 0 Å². The van der Waals surface area contributed by atoms with Crippen molar-refractivity contribution in [2.75, 3.05) is 18.1 Å². The highest BCUT2D eigenvalue weighted by Crippen LogP contribution is 2.25. The van der Waals surface area contributed by atoms with Crippen LogP contribution in [0.3, 0.4) is 0 Å². The fraction of sp³-hybridized carbons (Fsp3) is 0.667. The fourth-order valence-corrected chi connectivity index (χ4v) is 5.07. The van der Waals surface area contributed by atoms with Crippen LogP contribution < -0.4 is 15.4 Å². The number of sulfone groups is 1. The number of aliphatic imine (C=N–C) groups is 1. The van der Waals surface area contributed by atoms with Gasteiger partial charge in [-0.3, -0.25) is 0 Å². The molecule has 1 aliphatic carbocycles. The number of rotatable bonds is 6. The lowest BCUT2D eigenvalue weighted by Crippen LogP contribution is -2.44. The van der Waals surface area contributed by atoms with E-state index in [2.05, 4.69) is 20.6 Å². The SMILES string of the molecule is CCNC(=NCc1cccnc1OC1CCCC1)NC1CCS(=O)(=O)C1.I. The molecule has 2 heterocycles. The molecular formula is C18H29IN4O3S. The number of nitrogens with one attached hydrogen (secondary N) is 2. The topological polar surface area (TPSA) is 92.7 Å². The Morgan fingerprint density at radius 2 is 2.11 bits per heavy atom. The zero-order valence-corrected chi connectivity index (χ0v) is 18.8. The van der Waals surface area contributed by atoms with Gasteiger partial charge >= 0.3 is 0 Å². The van der Waals surface area contributed by atoms with E-state index in [1.165, 1.54) is 12.8 Å². The summed E-state index contributed by atoms with van der Waals surface area (Å²) in [5, 5.41) is 6.42. The largest absolute Gasteiger partial charge is 0.474 e. The Hall–Kier alpha value is -1.10. The predicted octanol–water partition coefficient (Wildman–Crippen LogP) is 2.26. The highest BCUT2D eigenvalue weighted by Gasteiger charge is 2.28. The van der Waals surface area contributed by atoms with E-state index in [1.807, 2.05) is 19.1 Å². The van der Waals surface area contributed by atoms with Gasteiger partial charge in [0.1, 0.15) is 6.10 Å². The molecule has 1 atom stereocenters. The van der Waals surface area contributed by atoms with Crippen molar-refractivity contribution in [1.29, 1.82) is 0 Å². The van der Waals surface area contributed by atoms with Gasteiger partial charge in [0.2, 0.25) is 5.88 Å². The summed E-state index contributed by atoms with van der Waals surface area (Å²) >= 11 is 0. The average Bonchev–Trinajstić information content (AvgIpc) is 3.23. The maximum absolute atomic E-state index is 11.6. The summed E-state index contributed by atoms with van der Waals surface area (Å²) < 4.78 is 29.3. The van der Waals surface area contributed by atoms with E-state index in [9.17, 15) is 8.42 Å². The van der Waals surface area contributed by atoms with Crippen LogP contribution in [0.5, 0.6) is 5.88 Å². The van der Waals surface area contributed by atoms with Gasteiger partial charge in [0.05, 0.1) is 18.1 Å². The van der Waals surface area contributed by atoms with Crippen LogP contribution in [0.15, 0.2) is 23.3 Å². The predicted molar refractivity (Wildman–Crippen MR) is 118 cm³/mol. The smallest absolute Gasteiger partial charge is 0.218 e. The molecule has 2 N–H and O–H groups in total. The molecule has 2 aliphatic rings. The first-order chi connectivity index (χ1) is 12.6. The monoisotopic (exact) mass is 508 g/mol. The minimum absolute atomic E-state index is 0. The van der Waals surface area contributed by atoms with E-state index in [-0.39, 0.29) is 47.6 Å². The van der Waals surface area contributed by atoms with Crippen LogP contribution in [0.25, 0.3) is 0 Å². The second kappa shape index (κ2) is 10.4. The van der Waals surface area contributed by atoms with Crippen LogP contribution >= 0.6 is 24.0 Å². The van der Waals surface area contributed by atoms with Gasteiger partial charge in [-0.1, -0.05) is 6.07 Å². The summed E-state index contributed by atoms with van der Waals surface area (Å²) in [4.78, 5) is 8.99. The van der Waals surface area contributed by atoms with Crippen molar-refractivity contribution < 1.29 is 13.2 Å². The first-order valence-electron chi connectivity index (χ1n) is 9.41. The number of pyridine rings is 1. The van der Waals surface area contributed by atoms with Gasteiger partial charge in [0.15, 0.2) is 15.8 Å². The molecule has 1 aromatic heterocycles. The lowest BCUT2D eigenvalue weighted by molar-refractivity contribution is 0.199. The maximum atomic E-state index is 11.6.